The van der Waals surface area contributed by atoms with Crippen LogP contribution in [-0.4, -0.2) is 10.3 Å². The van der Waals surface area contributed by atoms with Gasteiger partial charge in [-0.2, -0.15) is 0 Å². The maximum absolute atomic E-state index is 11.4. The van der Waals surface area contributed by atoms with Crippen molar-refractivity contribution < 1.29 is 4.79 Å². The smallest absolute Gasteiger partial charge is 0.262 e. The standard InChI is InChI=1S/C15H10ClNO/c16-15(18)17-13(11-7-3-1-4-8-11)14(17)12-9-5-2-6-10-12/h1-10H. The van der Waals surface area contributed by atoms with Gasteiger partial charge in [-0.15, -0.1) is 0 Å². The third-order valence-electron chi connectivity index (χ3n) is 2.89. The Labute approximate surface area is 110 Å². The zero-order valence-corrected chi connectivity index (χ0v) is 10.3. The van der Waals surface area contributed by atoms with Gasteiger partial charge in [0.05, 0.1) is 11.4 Å². The predicted molar refractivity (Wildman–Crippen MR) is 72.8 cm³/mol. The number of benzene rings is 2. The molecule has 2 aromatic rings. The first-order chi connectivity index (χ1) is 8.79. The van der Waals surface area contributed by atoms with E-state index in [1.54, 1.807) is 0 Å². The minimum Gasteiger partial charge on any atom is -0.262 e. The van der Waals surface area contributed by atoms with Crippen molar-refractivity contribution in [2.45, 2.75) is 0 Å². The lowest BCUT2D eigenvalue weighted by Crippen LogP contribution is -2.03. The molecule has 3 heteroatoms. The Balaban J connectivity index is 2.05. The lowest BCUT2D eigenvalue weighted by molar-refractivity contribution is 0.254. The molecule has 0 saturated heterocycles. The molecule has 0 unspecified atom stereocenters. The second-order valence-corrected chi connectivity index (χ2v) is 4.34. The maximum atomic E-state index is 11.4. The third-order valence-corrected chi connectivity index (χ3v) is 3.06. The van der Waals surface area contributed by atoms with E-state index in [-0.39, 0.29) is 0 Å². The monoisotopic (exact) mass is 255 g/mol. The molecule has 0 aromatic heterocycles. The summed E-state index contributed by atoms with van der Waals surface area (Å²) in [5, 5.41) is -0.465. The van der Waals surface area contributed by atoms with Gasteiger partial charge in [0, 0.05) is 11.1 Å². The minimum absolute atomic E-state index is 0.465. The third kappa shape index (κ3) is 1.81. The fourth-order valence-corrected chi connectivity index (χ4v) is 2.23. The molecule has 2 nitrogen and oxygen atoms in total. The lowest BCUT2D eigenvalue weighted by Gasteiger charge is -2.00. The van der Waals surface area contributed by atoms with Gasteiger partial charge < -0.3 is 0 Å². The molecule has 0 aliphatic carbocycles. The first kappa shape index (κ1) is 11.1. The van der Waals surface area contributed by atoms with Crippen molar-refractivity contribution >= 4 is 28.4 Å². The van der Waals surface area contributed by atoms with Crippen LogP contribution in [0.25, 0.3) is 11.4 Å². The number of nitrogens with zero attached hydrogens (tertiary/aromatic N) is 1. The van der Waals surface area contributed by atoms with E-state index >= 15 is 0 Å². The van der Waals surface area contributed by atoms with Crippen molar-refractivity contribution in [2.75, 3.05) is 0 Å². The first-order valence-electron chi connectivity index (χ1n) is 5.64. The largest absolute Gasteiger partial charge is 0.325 e. The molecule has 2 aromatic carbocycles. The predicted octanol–water partition coefficient (Wildman–Crippen LogP) is 4.19. The highest BCUT2D eigenvalue weighted by atomic mass is 35.5. The summed E-state index contributed by atoms with van der Waals surface area (Å²) in [5.74, 6) is 0. The molecule has 1 aliphatic rings. The van der Waals surface area contributed by atoms with E-state index in [0.717, 1.165) is 22.5 Å². The highest BCUT2D eigenvalue weighted by Gasteiger charge is 2.39. The van der Waals surface area contributed by atoms with Crippen molar-refractivity contribution in [2.24, 2.45) is 0 Å². The van der Waals surface area contributed by atoms with Crippen molar-refractivity contribution in [1.29, 1.82) is 0 Å². The molecule has 0 N–H and O–H groups in total. The molecule has 1 aliphatic heterocycles. The highest BCUT2D eigenvalue weighted by molar-refractivity contribution is 6.65. The van der Waals surface area contributed by atoms with Gasteiger partial charge in [-0.3, -0.25) is 9.69 Å². The van der Waals surface area contributed by atoms with Crippen LogP contribution in [-0.2, 0) is 0 Å². The quantitative estimate of drug-likeness (QED) is 0.582. The molecule has 0 fully saturated rings. The minimum atomic E-state index is -0.465. The summed E-state index contributed by atoms with van der Waals surface area (Å²) in [4.78, 5) is 13.0. The topological polar surface area (TPSA) is 20.1 Å². The summed E-state index contributed by atoms with van der Waals surface area (Å²) in [6.45, 7) is 0. The molecule has 0 atom stereocenters. The van der Waals surface area contributed by atoms with Crippen molar-refractivity contribution in [3.8, 4) is 0 Å². The first-order valence-corrected chi connectivity index (χ1v) is 6.01. The summed E-state index contributed by atoms with van der Waals surface area (Å²) in [7, 11) is 0. The van der Waals surface area contributed by atoms with E-state index in [0.29, 0.717) is 0 Å². The molecule has 0 radical (unpaired) electrons. The zero-order valence-electron chi connectivity index (χ0n) is 9.51. The highest BCUT2D eigenvalue weighted by Crippen LogP contribution is 2.47. The molecule has 18 heavy (non-hydrogen) atoms. The number of carbonyl (C=O) groups excluding carboxylic acids is 1. The summed E-state index contributed by atoms with van der Waals surface area (Å²) < 4.78 is 0. The van der Waals surface area contributed by atoms with E-state index in [1.165, 1.54) is 4.90 Å². The lowest BCUT2D eigenvalue weighted by atomic mass is 10.1. The molecule has 1 heterocycles. The Hall–Kier alpha value is -2.06. The van der Waals surface area contributed by atoms with Crippen molar-refractivity contribution in [3.63, 3.8) is 0 Å². The van der Waals surface area contributed by atoms with E-state index in [9.17, 15) is 4.79 Å². The fourth-order valence-electron chi connectivity index (χ4n) is 2.06. The van der Waals surface area contributed by atoms with Crippen LogP contribution in [0.2, 0.25) is 0 Å². The Bertz CT molecular complexity index is 570. The second-order valence-electron chi connectivity index (χ2n) is 4.02. The van der Waals surface area contributed by atoms with Gasteiger partial charge >= 0.3 is 5.37 Å². The van der Waals surface area contributed by atoms with Crippen LogP contribution in [0.1, 0.15) is 11.1 Å². The number of amides is 1. The van der Waals surface area contributed by atoms with Crippen LogP contribution in [0.15, 0.2) is 60.7 Å². The summed E-state index contributed by atoms with van der Waals surface area (Å²) in [5.41, 5.74) is 3.79. The van der Waals surface area contributed by atoms with Gasteiger partial charge in [0.15, 0.2) is 0 Å². The molecule has 0 bridgehead atoms. The van der Waals surface area contributed by atoms with E-state index in [4.69, 9.17) is 11.6 Å². The van der Waals surface area contributed by atoms with Crippen molar-refractivity contribution in [1.82, 2.24) is 4.90 Å². The molecule has 1 amide bonds. The fraction of sp³-hybridized carbons (Fsp3) is 0. The van der Waals surface area contributed by atoms with Crippen LogP contribution in [0, 0.1) is 0 Å². The normalized spacial score (nSPS) is 13.7. The number of carbonyl (C=O) groups is 1. The van der Waals surface area contributed by atoms with Crippen LogP contribution < -0.4 is 0 Å². The van der Waals surface area contributed by atoms with E-state index in [1.807, 2.05) is 60.7 Å². The van der Waals surface area contributed by atoms with Gasteiger partial charge in [-0.05, 0) is 11.6 Å². The average molecular weight is 256 g/mol. The van der Waals surface area contributed by atoms with Gasteiger partial charge in [0.2, 0.25) is 0 Å². The van der Waals surface area contributed by atoms with Gasteiger partial charge in [0.25, 0.3) is 0 Å². The summed E-state index contributed by atoms with van der Waals surface area (Å²) >= 11 is 5.61. The van der Waals surface area contributed by atoms with Gasteiger partial charge in [-0.25, -0.2) is 0 Å². The maximum Gasteiger partial charge on any atom is 0.325 e. The Kier molecular flexibility index (Phi) is 2.65. The van der Waals surface area contributed by atoms with Crippen LogP contribution in [0.5, 0.6) is 0 Å². The second kappa shape index (κ2) is 4.31. The molecular formula is C15H10ClNO. The van der Waals surface area contributed by atoms with Crippen LogP contribution >= 0.6 is 11.6 Å². The van der Waals surface area contributed by atoms with Crippen molar-refractivity contribution in [3.05, 3.63) is 71.8 Å². The molecule has 0 saturated carbocycles. The van der Waals surface area contributed by atoms with E-state index < -0.39 is 5.37 Å². The molecule has 0 spiro atoms. The average Bonchev–Trinajstić information content (AvgIpc) is 3.16. The molecular weight excluding hydrogens is 246 g/mol. The summed E-state index contributed by atoms with van der Waals surface area (Å²) in [6.07, 6.45) is 0. The van der Waals surface area contributed by atoms with E-state index in [2.05, 4.69) is 0 Å². The molecule has 3 rings (SSSR count). The summed E-state index contributed by atoms with van der Waals surface area (Å²) in [6, 6.07) is 19.6. The number of halogens is 1. The van der Waals surface area contributed by atoms with Crippen LogP contribution in [0.4, 0.5) is 4.79 Å². The SMILES string of the molecule is O=C(Cl)N1C(c2ccccc2)=C1c1ccccc1. The Morgan fingerprint density at radius 2 is 1.17 bits per heavy atom. The van der Waals surface area contributed by atoms with Gasteiger partial charge in [0.1, 0.15) is 0 Å². The Morgan fingerprint density at radius 1 is 0.778 bits per heavy atom. The number of rotatable bonds is 2. The zero-order chi connectivity index (χ0) is 12.5. The number of hydrogen-bond acceptors (Lipinski definition) is 1. The molecule has 88 valence electrons. The van der Waals surface area contributed by atoms with Crippen LogP contribution in [0.3, 0.4) is 0 Å². The Morgan fingerprint density at radius 3 is 1.50 bits per heavy atom. The number of hydrogen-bond donors (Lipinski definition) is 0. The van der Waals surface area contributed by atoms with Gasteiger partial charge in [-0.1, -0.05) is 60.7 Å².